The summed E-state index contributed by atoms with van der Waals surface area (Å²) in [7, 11) is 0.310. The van der Waals surface area contributed by atoms with Crippen molar-refractivity contribution in [1.82, 2.24) is 19.5 Å². The van der Waals surface area contributed by atoms with Gasteiger partial charge in [-0.3, -0.25) is 0 Å². The van der Waals surface area contributed by atoms with Crippen LogP contribution in [0, 0.1) is 0 Å². The third-order valence-corrected chi connectivity index (χ3v) is 6.38. The number of pyridine rings is 1. The third kappa shape index (κ3) is 5.39. The highest BCUT2D eigenvalue weighted by Crippen LogP contribution is 2.32. The van der Waals surface area contributed by atoms with Crippen LogP contribution in [0.4, 0.5) is 5.82 Å². The lowest BCUT2D eigenvalue weighted by Crippen LogP contribution is -2.22. The average Bonchev–Trinajstić information content (AvgIpc) is 3.09. The second-order valence-electron chi connectivity index (χ2n) is 8.32. The third-order valence-electron chi connectivity index (χ3n) is 4.68. The minimum atomic E-state index is -1.20. The number of methoxy groups -OCH3 is 1. The first-order valence-corrected chi connectivity index (χ1v) is 13.8. The van der Waals surface area contributed by atoms with Gasteiger partial charge >= 0.3 is 5.97 Å². The van der Waals surface area contributed by atoms with Crippen LogP contribution in [0.1, 0.15) is 17.3 Å². The van der Waals surface area contributed by atoms with Gasteiger partial charge in [-0.25, -0.2) is 14.8 Å². The molecule has 0 aromatic carbocycles. The highest BCUT2D eigenvalue weighted by molar-refractivity contribution is 6.76. The van der Waals surface area contributed by atoms with E-state index in [1.165, 1.54) is 13.4 Å². The largest absolute Gasteiger partial charge is 0.481 e. The van der Waals surface area contributed by atoms with E-state index in [-0.39, 0.29) is 19.2 Å². The van der Waals surface area contributed by atoms with Gasteiger partial charge in [0.25, 0.3) is 0 Å². The van der Waals surface area contributed by atoms with E-state index in [1.807, 2.05) is 0 Å². The monoisotopic (exact) mass is 443 g/mol. The van der Waals surface area contributed by atoms with E-state index in [0.29, 0.717) is 40.3 Å². The lowest BCUT2D eigenvalue weighted by Gasteiger charge is -2.15. The zero-order valence-electron chi connectivity index (χ0n) is 18.6. The minimum Gasteiger partial charge on any atom is -0.481 e. The van der Waals surface area contributed by atoms with Crippen LogP contribution in [-0.4, -0.2) is 53.9 Å². The summed E-state index contributed by atoms with van der Waals surface area (Å²) in [4.78, 5) is 25.7. The number of ether oxygens (including phenoxy) is 3. The summed E-state index contributed by atoms with van der Waals surface area (Å²) in [5, 5.41) is 0.572. The summed E-state index contributed by atoms with van der Waals surface area (Å²) >= 11 is 0. The molecular formula is C21H29N5O4Si. The van der Waals surface area contributed by atoms with E-state index >= 15 is 0 Å². The van der Waals surface area contributed by atoms with Crippen LogP contribution in [0.15, 0.2) is 24.7 Å². The predicted molar refractivity (Wildman–Crippen MR) is 122 cm³/mol. The number of fused-ring (bicyclic) bond motifs is 1. The van der Waals surface area contributed by atoms with E-state index in [4.69, 9.17) is 19.9 Å². The van der Waals surface area contributed by atoms with Crippen molar-refractivity contribution in [2.24, 2.45) is 0 Å². The molecule has 166 valence electrons. The van der Waals surface area contributed by atoms with E-state index in [2.05, 4.69) is 34.6 Å². The molecule has 0 bridgehead atoms. The highest BCUT2D eigenvalue weighted by atomic mass is 28.3. The van der Waals surface area contributed by atoms with Gasteiger partial charge < -0.3 is 24.5 Å². The fourth-order valence-electron chi connectivity index (χ4n) is 3.11. The molecule has 10 heteroatoms. The summed E-state index contributed by atoms with van der Waals surface area (Å²) in [5.74, 6) is 0.194. The van der Waals surface area contributed by atoms with Crippen molar-refractivity contribution in [2.45, 2.75) is 39.3 Å². The smallest absolute Gasteiger partial charge is 0.340 e. The number of nitrogen functional groups attached to an aromatic ring is 1. The Balaban J connectivity index is 2.07. The molecule has 0 aliphatic carbocycles. The normalized spacial score (nSPS) is 11.6. The Bertz CT molecular complexity index is 1080. The maximum atomic E-state index is 12.7. The molecule has 0 radical (unpaired) electrons. The number of hydrogen-bond donors (Lipinski definition) is 1. The van der Waals surface area contributed by atoms with Gasteiger partial charge in [0, 0.05) is 32.5 Å². The maximum absolute atomic E-state index is 12.7. The number of hydrogen-bond acceptors (Lipinski definition) is 8. The van der Waals surface area contributed by atoms with Gasteiger partial charge in [0.05, 0.1) is 30.4 Å². The van der Waals surface area contributed by atoms with Gasteiger partial charge in [-0.2, -0.15) is 4.98 Å². The van der Waals surface area contributed by atoms with Crippen molar-refractivity contribution in [3.8, 4) is 17.1 Å². The number of carbonyl (C=O) groups excluding carboxylic acids is 1. The molecule has 2 N–H and O–H groups in total. The molecule has 0 aliphatic heterocycles. The van der Waals surface area contributed by atoms with Crippen LogP contribution >= 0.6 is 0 Å². The summed E-state index contributed by atoms with van der Waals surface area (Å²) in [6.07, 6.45) is 3.16. The zero-order chi connectivity index (χ0) is 22.6. The summed E-state index contributed by atoms with van der Waals surface area (Å²) in [5.41, 5.74) is 8.09. The molecule has 9 nitrogen and oxygen atoms in total. The number of nitrogens with two attached hydrogens (primary N) is 1. The van der Waals surface area contributed by atoms with Gasteiger partial charge in [-0.05, 0) is 19.0 Å². The van der Waals surface area contributed by atoms with Crippen LogP contribution in [0.5, 0.6) is 5.88 Å². The van der Waals surface area contributed by atoms with Gasteiger partial charge in [0.1, 0.15) is 24.5 Å². The molecular weight excluding hydrogens is 414 g/mol. The molecule has 3 aromatic heterocycles. The number of carbonyl (C=O) groups is 1. The van der Waals surface area contributed by atoms with Crippen LogP contribution in [0.2, 0.25) is 25.7 Å². The minimum absolute atomic E-state index is 0.261. The van der Waals surface area contributed by atoms with E-state index in [0.717, 1.165) is 6.04 Å². The predicted octanol–water partition coefficient (Wildman–Crippen LogP) is 3.57. The fraction of sp³-hybridized carbons (Fsp3) is 0.429. The fourth-order valence-corrected chi connectivity index (χ4v) is 3.87. The molecule has 0 aliphatic rings. The average molecular weight is 444 g/mol. The lowest BCUT2D eigenvalue weighted by molar-refractivity contribution is 0.0527. The first-order valence-electron chi connectivity index (χ1n) is 10.1. The van der Waals surface area contributed by atoms with Crippen LogP contribution in [0.25, 0.3) is 22.3 Å². The second kappa shape index (κ2) is 9.44. The zero-order valence-corrected chi connectivity index (χ0v) is 19.6. The Hall–Kier alpha value is -2.98. The molecule has 0 amide bonds. The number of aromatic nitrogens is 4. The Kier molecular flexibility index (Phi) is 6.91. The van der Waals surface area contributed by atoms with Crippen molar-refractivity contribution in [2.75, 3.05) is 26.1 Å². The quantitative estimate of drug-likeness (QED) is 0.303. The summed E-state index contributed by atoms with van der Waals surface area (Å²) in [6.45, 7) is 9.86. The molecule has 3 heterocycles. The van der Waals surface area contributed by atoms with Crippen LogP contribution < -0.4 is 10.5 Å². The standard InChI is InChI=1S/C21H29N5O4Si/c1-6-30-21(27)15-11-26(13-29-7-8-31(3,4)5)20-18(15)19(23-12-24-20)14-9-16(22)25-17(10-14)28-2/h9-12H,6-8,13H2,1-5H3,(H2,22,25). The Morgan fingerprint density at radius 3 is 2.68 bits per heavy atom. The Labute approximate surface area is 182 Å². The first kappa shape index (κ1) is 22.7. The molecule has 0 atom stereocenters. The SMILES string of the molecule is CCOC(=O)c1cn(COCC[Si](C)(C)C)c2ncnc(-c3cc(N)nc(OC)c3)c12. The van der Waals surface area contributed by atoms with Gasteiger partial charge in [0.2, 0.25) is 5.88 Å². The number of nitrogens with zero attached hydrogens (tertiary/aromatic N) is 4. The van der Waals surface area contributed by atoms with E-state index < -0.39 is 14.0 Å². The van der Waals surface area contributed by atoms with Crippen molar-refractivity contribution in [1.29, 1.82) is 0 Å². The van der Waals surface area contributed by atoms with Crippen LogP contribution in [-0.2, 0) is 16.2 Å². The second-order valence-corrected chi connectivity index (χ2v) is 13.9. The first-order chi connectivity index (χ1) is 14.7. The lowest BCUT2D eigenvalue weighted by atomic mass is 10.1. The van der Waals surface area contributed by atoms with E-state index in [9.17, 15) is 4.79 Å². The maximum Gasteiger partial charge on any atom is 0.340 e. The van der Waals surface area contributed by atoms with Gasteiger partial charge in [-0.1, -0.05) is 19.6 Å². The molecule has 0 saturated heterocycles. The molecule has 0 unspecified atom stereocenters. The molecule has 31 heavy (non-hydrogen) atoms. The van der Waals surface area contributed by atoms with Crippen LogP contribution in [0.3, 0.4) is 0 Å². The summed E-state index contributed by atoms with van der Waals surface area (Å²) < 4.78 is 18.2. The van der Waals surface area contributed by atoms with Crippen molar-refractivity contribution in [3.05, 3.63) is 30.2 Å². The van der Waals surface area contributed by atoms with E-state index in [1.54, 1.807) is 29.8 Å². The number of rotatable bonds is 9. The van der Waals surface area contributed by atoms with Crippen molar-refractivity contribution >= 4 is 30.9 Å². The Morgan fingerprint density at radius 1 is 1.23 bits per heavy atom. The summed E-state index contributed by atoms with van der Waals surface area (Å²) in [6, 6.07) is 4.45. The topological polar surface area (TPSA) is 114 Å². The Morgan fingerprint density at radius 2 is 2.00 bits per heavy atom. The molecule has 0 spiro atoms. The van der Waals surface area contributed by atoms with Gasteiger partial charge in [-0.15, -0.1) is 0 Å². The molecule has 0 fully saturated rings. The molecule has 3 rings (SSSR count). The van der Waals surface area contributed by atoms with Gasteiger partial charge in [0.15, 0.2) is 0 Å². The number of anilines is 1. The van der Waals surface area contributed by atoms with Crippen molar-refractivity contribution < 1.29 is 19.0 Å². The van der Waals surface area contributed by atoms with Crippen molar-refractivity contribution in [3.63, 3.8) is 0 Å². The molecule has 0 saturated carbocycles. The number of esters is 1. The molecule has 3 aromatic rings. The highest BCUT2D eigenvalue weighted by Gasteiger charge is 2.22.